The molecule has 0 spiro atoms. The zero-order valence-corrected chi connectivity index (χ0v) is 39.2. The van der Waals surface area contributed by atoms with Crippen LogP contribution < -0.4 is 5.11 Å². The first-order chi connectivity index (χ1) is 28.6. The summed E-state index contributed by atoms with van der Waals surface area (Å²) in [5, 5.41) is 11.6. The summed E-state index contributed by atoms with van der Waals surface area (Å²) in [6.07, 6.45) is 48.8. The SMILES string of the molecule is CCCCCC/C=C\C/C=C\CCCCCCCC(=O)OC(COCCC(C(=O)[O-])[N+](C)(C)C)COC(=O)CCCCCCCCCCC/C=C\CCCCCCCC. The normalized spacial score (nSPS) is 13.2. The van der Waals surface area contributed by atoms with E-state index in [2.05, 4.69) is 50.3 Å². The number of rotatable bonds is 44. The number of likely N-dealkylation sites (N-methyl/N-ethyl adjacent to an activating group) is 1. The number of carboxylic acids is 1. The second kappa shape index (κ2) is 42.2. The van der Waals surface area contributed by atoms with Crippen molar-refractivity contribution in [1.82, 2.24) is 0 Å². The van der Waals surface area contributed by atoms with Crippen molar-refractivity contribution in [2.45, 2.75) is 231 Å². The molecule has 0 radical (unpaired) electrons. The number of quaternary nitrogens is 1. The van der Waals surface area contributed by atoms with Crippen LogP contribution in [0.5, 0.6) is 0 Å². The third-order valence-electron chi connectivity index (χ3n) is 11.0. The highest BCUT2D eigenvalue weighted by molar-refractivity contribution is 5.70. The Morgan fingerprint density at radius 2 is 0.898 bits per heavy atom. The minimum absolute atomic E-state index is 0.0359. The van der Waals surface area contributed by atoms with E-state index in [1.54, 1.807) is 21.1 Å². The van der Waals surface area contributed by atoms with Crippen molar-refractivity contribution in [2.75, 3.05) is 41.0 Å². The number of carbonyl (C=O) groups is 3. The van der Waals surface area contributed by atoms with Crippen molar-refractivity contribution < 1.29 is 38.2 Å². The van der Waals surface area contributed by atoms with E-state index in [0.717, 1.165) is 64.2 Å². The summed E-state index contributed by atoms with van der Waals surface area (Å²) in [5.74, 6) is -1.75. The van der Waals surface area contributed by atoms with Gasteiger partial charge in [0.05, 0.1) is 40.3 Å². The van der Waals surface area contributed by atoms with E-state index in [-0.39, 0.29) is 42.7 Å². The number of aliphatic carboxylic acids is 1. The molecule has 8 nitrogen and oxygen atoms in total. The molecule has 0 N–H and O–H groups in total. The predicted molar refractivity (Wildman–Crippen MR) is 245 cm³/mol. The number of allylic oxidation sites excluding steroid dienone is 6. The summed E-state index contributed by atoms with van der Waals surface area (Å²) >= 11 is 0. The number of carbonyl (C=O) groups excluding carboxylic acids is 3. The zero-order valence-electron chi connectivity index (χ0n) is 39.2. The highest BCUT2D eigenvalue weighted by atomic mass is 16.6. The molecule has 2 unspecified atom stereocenters. The Labute approximate surface area is 364 Å². The van der Waals surface area contributed by atoms with Gasteiger partial charge in [0.2, 0.25) is 0 Å². The lowest BCUT2D eigenvalue weighted by Crippen LogP contribution is -2.55. The van der Waals surface area contributed by atoms with Crippen LogP contribution in [0.15, 0.2) is 36.5 Å². The summed E-state index contributed by atoms with van der Waals surface area (Å²) in [6.45, 7) is 4.64. The molecule has 0 aliphatic heterocycles. The Morgan fingerprint density at radius 1 is 0.508 bits per heavy atom. The van der Waals surface area contributed by atoms with E-state index in [0.29, 0.717) is 12.8 Å². The number of nitrogens with zero attached hydrogens (tertiary/aromatic N) is 1. The number of carboxylic acid groups (broad SMARTS) is 1. The lowest BCUT2D eigenvalue weighted by atomic mass is 10.1. The van der Waals surface area contributed by atoms with Crippen molar-refractivity contribution >= 4 is 17.9 Å². The Bertz CT molecular complexity index is 1060. The molecule has 0 amide bonds. The van der Waals surface area contributed by atoms with Crippen LogP contribution in [0.4, 0.5) is 0 Å². The standard InChI is InChI=1S/C51H93NO7/c1-6-8-10-12-14-16-18-20-22-24-25-26-28-29-31-33-35-37-39-41-49(53)58-46-47(45-57-44-43-48(51(55)56)52(3,4)5)59-50(54)42-40-38-36-34-32-30-27-23-21-19-17-15-13-11-9-7-2/h17,19-20,22-23,27,47-48H,6-16,18,21,24-26,28-46H2,1-5H3/b19-17-,22-20-,27-23-. The van der Waals surface area contributed by atoms with Crippen molar-refractivity contribution in [3.05, 3.63) is 36.5 Å². The highest BCUT2D eigenvalue weighted by Crippen LogP contribution is 2.14. The molecular formula is C51H93NO7. The summed E-state index contributed by atoms with van der Waals surface area (Å²) in [6, 6.07) is -0.728. The number of hydrogen-bond acceptors (Lipinski definition) is 7. The largest absolute Gasteiger partial charge is 0.544 e. The third-order valence-corrected chi connectivity index (χ3v) is 11.0. The molecule has 0 aliphatic carbocycles. The molecular weight excluding hydrogens is 739 g/mol. The van der Waals surface area contributed by atoms with E-state index in [1.165, 1.54) is 122 Å². The fourth-order valence-corrected chi connectivity index (χ4v) is 7.15. The predicted octanol–water partition coefficient (Wildman–Crippen LogP) is 12.5. The summed E-state index contributed by atoms with van der Waals surface area (Å²) in [4.78, 5) is 37.0. The van der Waals surface area contributed by atoms with Crippen LogP contribution in [-0.2, 0) is 28.6 Å². The van der Waals surface area contributed by atoms with Crippen LogP contribution in [0.1, 0.15) is 219 Å². The zero-order chi connectivity index (χ0) is 43.5. The van der Waals surface area contributed by atoms with Gasteiger partial charge in [-0.25, -0.2) is 0 Å². The topological polar surface area (TPSA) is 102 Å². The third kappa shape index (κ3) is 40.7. The molecule has 0 aromatic rings. The van der Waals surface area contributed by atoms with Gasteiger partial charge in [-0.05, 0) is 70.6 Å². The second-order valence-corrected chi connectivity index (χ2v) is 17.7. The molecule has 0 saturated heterocycles. The van der Waals surface area contributed by atoms with Crippen LogP contribution in [0.3, 0.4) is 0 Å². The highest BCUT2D eigenvalue weighted by Gasteiger charge is 2.25. The van der Waals surface area contributed by atoms with Crippen LogP contribution >= 0.6 is 0 Å². The molecule has 0 aromatic heterocycles. The lowest BCUT2D eigenvalue weighted by molar-refractivity contribution is -0.889. The van der Waals surface area contributed by atoms with Gasteiger partial charge in [-0.1, -0.05) is 166 Å². The van der Waals surface area contributed by atoms with Crippen LogP contribution in [0.25, 0.3) is 0 Å². The van der Waals surface area contributed by atoms with E-state index in [9.17, 15) is 19.5 Å². The monoisotopic (exact) mass is 832 g/mol. The van der Waals surface area contributed by atoms with Crippen molar-refractivity contribution in [1.29, 1.82) is 0 Å². The van der Waals surface area contributed by atoms with Crippen molar-refractivity contribution in [3.63, 3.8) is 0 Å². The smallest absolute Gasteiger partial charge is 0.306 e. The first-order valence-electron chi connectivity index (χ1n) is 24.5. The minimum Gasteiger partial charge on any atom is -0.544 e. The van der Waals surface area contributed by atoms with Crippen molar-refractivity contribution in [2.24, 2.45) is 0 Å². The van der Waals surface area contributed by atoms with Gasteiger partial charge in [-0.2, -0.15) is 0 Å². The fourth-order valence-electron chi connectivity index (χ4n) is 7.15. The van der Waals surface area contributed by atoms with E-state index >= 15 is 0 Å². The maximum absolute atomic E-state index is 12.7. The Morgan fingerprint density at radius 3 is 1.34 bits per heavy atom. The molecule has 344 valence electrons. The number of ether oxygens (including phenoxy) is 3. The van der Waals surface area contributed by atoms with Crippen LogP contribution in [0.2, 0.25) is 0 Å². The van der Waals surface area contributed by atoms with Crippen LogP contribution in [-0.4, -0.2) is 75.5 Å². The molecule has 2 atom stereocenters. The quantitative estimate of drug-likeness (QED) is 0.0261. The van der Waals surface area contributed by atoms with Gasteiger partial charge in [0.1, 0.15) is 12.6 Å². The van der Waals surface area contributed by atoms with Gasteiger partial charge < -0.3 is 28.6 Å². The second-order valence-electron chi connectivity index (χ2n) is 17.7. The average molecular weight is 832 g/mol. The fraction of sp³-hybridized carbons (Fsp3) is 0.824. The summed E-state index contributed by atoms with van der Waals surface area (Å²) in [5.41, 5.74) is 0. The van der Waals surface area contributed by atoms with Gasteiger partial charge in [-0.3, -0.25) is 9.59 Å². The Hall–Kier alpha value is -2.45. The number of unbranched alkanes of at least 4 members (excludes halogenated alkanes) is 24. The van der Waals surface area contributed by atoms with Gasteiger partial charge in [0.25, 0.3) is 0 Å². The van der Waals surface area contributed by atoms with Gasteiger partial charge in [0.15, 0.2) is 6.10 Å². The van der Waals surface area contributed by atoms with Gasteiger partial charge in [-0.15, -0.1) is 0 Å². The molecule has 0 aromatic carbocycles. The maximum Gasteiger partial charge on any atom is 0.306 e. The first kappa shape index (κ1) is 56.5. The molecule has 0 bridgehead atoms. The van der Waals surface area contributed by atoms with E-state index in [1.807, 2.05) is 0 Å². The molecule has 59 heavy (non-hydrogen) atoms. The Kier molecular flexibility index (Phi) is 40.5. The van der Waals surface area contributed by atoms with E-state index in [4.69, 9.17) is 14.2 Å². The van der Waals surface area contributed by atoms with Gasteiger partial charge in [0, 0.05) is 19.3 Å². The van der Waals surface area contributed by atoms with Gasteiger partial charge >= 0.3 is 11.9 Å². The molecule has 0 rings (SSSR count). The van der Waals surface area contributed by atoms with E-state index < -0.39 is 18.1 Å². The average Bonchev–Trinajstić information content (AvgIpc) is 3.19. The first-order valence-corrected chi connectivity index (χ1v) is 24.5. The number of esters is 2. The molecule has 0 aliphatic rings. The minimum atomic E-state index is -1.13. The summed E-state index contributed by atoms with van der Waals surface area (Å²) in [7, 11) is 5.41. The lowest BCUT2D eigenvalue weighted by Gasteiger charge is -2.34. The maximum atomic E-state index is 12.7. The Balaban J connectivity index is 4.28. The molecule has 8 heteroatoms. The van der Waals surface area contributed by atoms with Crippen molar-refractivity contribution in [3.8, 4) is 0 Å². The molecule has 0 saturated carbocycles. The molecule has 0 heterocycles. The van der Waals surface area contributed by atoms with Crippen LogP contribution in [0, 0.1) is 0 Å². The molecule has 0 fully saturated rings. The summed E-state index contributed by atoms with van der Waals surface area (Å²) < 4.78 is 17.2. The number of hydrogen-bond donors (Lipinski definition) is 0.